The number of likely N-dealkylation sites (N-methyl/N-ethyl adjacent to an activating group) is 1. The molecule has 7 heteroatoms. The number of hydrogen-bond donors (Lipinski definition) is 2. The molecule has 0 bridgehead atoms. The molecule has 3 aromatic rings. The maximum absolute atomic E-state index is 12.6. The number of fused-ring (bicyclic) bond motifs is 1. The molecule has 1 aliphatic rings. The van der Waals surface area contributed by atoms with Crippen molar-refractivity contribution in [2.45, 2.75) is 26.3 Å². The number of quaternary nitrogens is 1. The number of hydrogen-bond acceptors (Lipinski definition) is 5. The minimum Gasteiger partial charge on any atom is -0.361 e. The highest BCUT2D eigenvalue weighted by Crippen LogP contribution is 2.28. The Labute approximate surface area is 158 Å². The predicted molar refractivity (Wildman–Crippen MR) is 105 cm³/mol. The zero-order chi connectivity index (χ0) is 19.0. The Balaban J connectivity index is 1.58. The van der Waals surface area contributed by atoms with Crippen molar-refractivity contribution >= 4 is 22.9 Å². The van der Waals surface area contributed by atoms with Gasteiger partial charge in [-0.25, -0.2) is 19.7 Å². The average Bonchev–Trinajstić information content (AvgIpc) is 3.28. The van der Waals surface area contributed by atoms with E-state index in [1.54, 1.807) is 12.4 Å². The van der Waals surface area contributed by atoms with E-state index in [1.807, 2.05) is 45.3 Å². The first kappa shape index (κ1) is 17.6. The molecule has 2 N–H and O–H groups in total. The molecular weight excluding hydrogens is 340 g/mol. The molecule has 0 saturated carbocycles. The maximum Gasteiger partial charge on any atom is 0.316 e. The van der Waals surface area contributed by atoms with E-state index in [0.717, 1.165) is 47.7 Å². The number of carbonyl (C=O) groups is 1. The molecule has 1 fully saturated rings. The van der Waals surface area contributed by atoms with Crippen molar-refractivity contribution in [3.8, 4) is 11.3 Å². The third-order valence-electron chi connectivity index (χ3n) is 5.31. The number of amides is 1. The van der Waals surface area contributed by atoms with E-state index in [-0.39, 0.29) is 12.0 Å². The number of aromatic amines is 1. The van der Waals surface area contributed by atoms with Crippen LogP contribution in [0.5, 0.6) is 0 Å². The summed E-state index contributed by atoms with van der Waals surface area (Å²) in [5.41, 5.74) is 3.30. The van der Waals surface area contributed by atoms with Crippen molar-refractivity contribution in [3.63, 3.8) is 0 Å². The highest BCUT2D eigenvalue weighted by molar-refractivity contribution is 5.78. The monoisotopic (exact) mass is 365 g/mol. The largest absolute Gasteiger partial charge is 0.361 e. The topological polar surface area (TPSA) is 83.6 Å². The molecule has 27 heavy (non-hydrogen) atoms. The van der Waals surface area contributed by atoms with Crippen LogP contribution in [0.3, 0.4) is 0 Å². The predicted octanol–water partition coefficient (Wildman–Crippen LogP) is 2.83. The van der Waals surface area contributed by atoms with Crippen LogP contribution in [0.15, 0.2) is 36.8 Å². The Kier molecular flexibility index (Phi) is 4.39. The number of anilines is 1. The normalized spacial score (nSPS) is 22.4. The van der Waals surface area contributed by atoms with Gasteiger partial charge in [-0.05, 0) is 32.0 Å². The lowest BCUT2D eigenvalue weighted by molar-refractivity contribution is -0.823. The molecule has 0 aliphatic carbocycles. The molecule has 3 aromatic heterocycles. The van der Waals surface area contributed by atoms with E-state index in [2.05, 4.69) is 25.3 Å². The number of nitrogens with zero attached hydrogens (tertiary/aromatic N) is 4. The van der Waals surface area contributed by atoms with E-state index in [0.29, 0.717) is 10.4 Å². The third-order valence-corrected chi connectivity index (χ3v) is 5.31. The standard InChI is InChI=1S/C20H25N6O/c1-13(2)20(27)26(3)10-7-14(12-26)24-18-15(5-4-8-21-18)17-11-23-19-16(25-17)6-9-22-19/h4-6,8-9,11,13-14H,7,10,12H2,1-3H3,(H,21,24)(H,22,23)/q+1. The lowest BCUT2D eigenvalue weighted by atomic mass is 10.1. The van der Waals surface area contributed by atoms with E-state index in [1.165, 1.54) is 0 Å². The smallest absolute Gasteiger partial charge is 0.316 e. The maximum atomic E-state index is 12.6. The molecule has 0 aromatic carbocycles. The van der Waals surface area contributed by atoms with Gasteiger partial charge < -0.3 is 10.3 Å². The fraction of sp³-hybridized carbons (Fsp3) is 0.400. The Bertz CT molecular complexity index is 981. The van der Waals surface area contributed by atoms with Gasteiger partial charge in [0.2, 0.25) is 0 Å². The number of nitrogens with one attached hydrogen (secondary N) is 2. The minimum atomic E-state index is 0.0440. The van der Waals surface area contributed by atoms with Crippen LogP contribution in [0.2, 0.25) is 0 Å². The van der Waals surface area contributed by atoms with Gasteiger partial charge in [0.05, 0.1) is 37.4 Å². The van der Waals surface area contributed by atoms with Crippen molar-refractivity contribution in [1.29, 1.82) is 0 Å². The minimum absolute atomic E-state index is 0.0440. The van der Waals surface area contributed by atoms with E-state index >= 15 is 0 Å². The molecule has 1 amide bonds. The number of carbonyl (C=O) groups excluding carboxylic acids is 1. The van der Waals surface area contributed by atoms with Crippen LogP contribution in [0, 0.1) is 5.92 Å². The van der Waals surface area contributed by atoms with Gasteiger partial charge in [-0.2, -0.15) is 0 Å². The van der Waals surface area contributed by atoms with Crippen molar-refractivity contribution in [1.82, 2.24) is 19.9 Å². The second kappa shape index (κ2) is 6.74. The van der Waals surface area contributed by atoms with Crippen molar-refractivity contribution in [2.75, 3.05) is 25.5 Å². The first-order valence-electron chi connectivity index (χ1n) is 9.37. The molecular formula is C20H25N6O+. The van der Waals surface area contributed by atoms with Gasteiger partial charge in [0.25, 0.3) is 0 Å². The first-order chi connectivity index (χ1) is 13.0. The fourth-order valence-electron chi connectivity index (χ4n) is 3.93. The Morgan fingerprint density at radius 1 is 1.33 bits per heavy atom. The average molecular weight is 365 g/mol. The lowest BCUT2D eigenvalue weighted by Gasteiger charge is -2.28. The molecule has 0 spiro atoms. The summed E-state index contributed by atoms with van der Waals surface area (Å²) in [4.78, 5) is 29.3. The summed E-state index contributed by atoms with van der Waals surface area (Å²) in [7, 11) is 2.04. The van der Waals surface area contributed by atoms with Crippen LogP contribution < -0.4 is 5.32 Å². The molecule has 7 nitrogen and oxygen atoms in total. The molecule has 140 valence electrons. The lowest BCUT2D eigenvalue weighted by Crippen LogP contribution is -2.50. The molecule has 4 heterocycles. The summed E-state index contributed by atoms with van der Waals surface area (Å²) in [5.74, 6) is 1.13. The fourth-order valence-corrected chi connectivity index (χ4v) is 3.93. The summed E-state index contributed by atoms with van der Waals surface area (Å²) in [5, 5.41) is 3.54. The van der Waals surface area contributed by atoms with Gasteiger partial charge in [0, 0.05) is 24.4 Å². The first-order valence-corrected chi connectivity index (χ1v) is 9.37. The van der Waals surface area contributed by atoms with Gasteiger partial charge >= 0.3 is 5.91 Å². The van der Waals surface area contributed by atoms with E-state index < -0.39 is 0 Å². The van der Waals surface area contributed by atoms with Gasteiger partial charge in [-0.15, -0.1) is 0 Å². The summed E-state index contributed by atoms with van der Waals surface area (Å²) in [6.45, 7) is 5.57. The Hall–Kier alpha value is -2.80. The van der Waals surface area contributed by atoms with Crippen molar-refractivity contribution in [2.24, 2.45) is 5.92 Å². The highest BCUT2D eigenvalue weighted by Gasteiger charge is 2.42. The zero-order valence-corrected chi connectivity index (χ0v) is 15.9. The number of rotatable bonds is 4. The Morgan fingerprint density at radius 3 is 3.00 bits per heavy atom. The van der Waals surface area contributed by atoms with Gasteiger partial charge in [0.15, 0.2) is 5.65 Å². The molecule has 1 saturated heterocycles. The van der Waals surface area contributed by atoms with E-state index in [9.17, 15) is 4.79 Å². The summed E-state index contributed by atoms with van der Waals surface area (Å²) < 4.78 is 0.479. The highest BCUT2D eigenvalue weighted by atomic mass is 16.2. The molecule has 1 aliphatic heterocycles. The van der Waals surface area contributed by atoms with Gasteiger partial charge in [-0.1, -0.05) is 0 Å². The van der Waals surface area contributed by atoms with Crippen molar-refractivity contribution in [3.05, 3.63) is 36.8 Å². The number of H-pyrrole nitrogens is 1. The van der Waals surface area contributed by atoms with Crippen LogP contribution in [0.25, 0.3) is 22.4 Å². The number of likely N-dealkylation sites (tertiary alicyclic amines) is 1. The van der Waals surface area contributed by atoms with E-state index in [4.69, 9.17) is 0 Å². The van der Waals surface area contributed by atoms with Crippen LogP contribution in [0.4, 0.5) is 5.82 Å². The number of pyridine rings is 1. The molecule has 4 rings (SSSR count). The number of aromatic nitrogens is 4. The van der Waals surface area contributed by atoms with Crippen LogP contribution in [-0.2, 0) is 4.79 Å². The van der Waals surface area contributed by atoms with Gasteiger partial charge in [0.1, 0.15) is 17.9 Å². The van der Waals surface area contributed by atoms with Crippen molar-refractivity contribution < 1.29 is 9.28 Å². The summed E-state index contributed by atoms with van der Waals surface area (Å²) in [6.07, 6.45) is 6.31. The summed E-state index contributed by atoms with van der Waals surface area (Å²) >= 11 is 0. The second-order valence-corrected chi connectivity index (χ2v) is 7.79. The third kappa shape index (κ3) is 3.30. The zero-order valence-electron chi connectivity index (χ0n) is 15.9. The van der Waals surface area contributed by atoms with Crippen LogP contribution in [-0.4, -0.2) is 56.5 Å². The quantitative estimate of drug-likeness (QED) is 0.695. The Morgan fingerprint density at radius 2 is 2.19 bits per heavy atom. The SMILES string of the molecule is CC(C)C(=O)[N+]1(C)CCC(Nc2ncccc2-c2cnc3[nH]ccc3n2)C1. The molecule has 2 unspecified atom stereocenters. The summed E-state index contributed by atoms with van der Waals surface area (Å²) in [6, 6.07) is 6.02. The second-order valence-electron chi connectivity index (χ2n) is 7.79. The van der Waals surface area contributed by atoms with Crippen LogP contribution in [0.1, 0.15) is 20.3 Å². The van der Waals surface area contributed by atoms with Crippen LogP contribution >= 0.6 is 0 Å². The molecule has 2 atom stereocenters. The molecule has 0 radical (unpaired) electrons. The van der Waals surface area contributed by atoms with Gasteiger partial charge in [-0.3, -0.25) is 4.48 Å².